The van der Waals surface area contributed by atoms with Crippen molar-refractivity contribution in [2.24, 2.45) is 0 Å². The first kappa shape index (κ1) is 9.67. The van der Waals surface area contributed by atoms with E-state index in [9.17, 15) is 9.90 Å². The number of aromatic hydroxyl groups is 1. The molecule has 0 saturated carbocycles. The third-order valence-corrected chi connectivity index (χ3v) is 2.51. The number of nitrogens with zero attached hydrogens (tertiary/aromatic N) is 1. The van der Waals surface area contributed by atoms with Gasteiger partial charge in [0.15, 0.2) is 0 Å². The summed E-state index contributed by atoms with van der Waals surface area (Å²) in [5.41, 5.74) is 0.942. The molecule has 15 heavy (non-hydrogen) atoms. The van der Waals surface area contributed by atoms with Gasteiger partial charge in [0.05, 0.1) is 17.4 Å². The lowest BCUT2D eigenvalue weighted by Gasteiger charge is -2.03. The molecule has 0 bridgehead atoms. The number of rotatable bonds is 2. The summed E-state index contributed by atoms with van der Waals surface area (Å²) in [5.74, 6) is -0.460. The van der Waals surface area contributed by atoms with Crippen molar-refractivity contribution >= 4 is 22.9 Å². The summed E-state index contributed by atoms with van der Waals surface area (Å²) in [6, 6.07) is 3.26. The molecular weight excluding hydrogens is 212 g/mol. The SMILES string of the molecule is O=C(Nc1ccsc1)c1ccncc1O. The van der Waals surface area contributed by atoms with E-state index in [0.29, 0.717) is 0 Å². The predicted octanol–water partition coefficient (Wildman–Crippen LogP) is 2.10. The molecule has 2 aromatic heterocycles. The van der Waals surface area contributed by atoms with Gasteiger partial charge in [0.25, 0.3) is 5.91 Å². The molecule has 4 nitrogen and oxygen atoms in total. The van der Waals surface area contributed by atoms with Crippen LogP contribution in [0.2, 0.25) is 0 Å². The molecule has 0 aliphatic rings. The summed E-state index contributed by atoms with van der Waals surface area (Å²) < 4.78 is 0. The summed E-state index contributed by atoms with van der Waals surface area (Å²) in [4.78, 5) is 15.3. The normalized spacial score (nSPS) is 9.87. The Balaban J connectivity index is 2.19. The second-order valence-corrected chi connectivity index (χ2v) is 3.64. The van der Waals surface area contributed by atoms with Crippen LogP contribution in [-0.2, 0) is 0 Å². The zero-order valence-corrected chi connectivity index (χ0v) is 8.49. The summed E-state index contributed by atoms with van der Waals surface area (Å²) in [7, 11) is 0. The molecule has 0 atom stereocenters. The number of hydrogen-bond donors (Lipinski definition) is 2. The molecule has 0 fully saturated rings. The molecule has 0 spiro atoms. The standard InChI is InChI=1S/C10H8N2O2S/c13-9-5-11-3-1-8(9)10(14)12-7-2-4-15-6-7/h1-6,13H,(H,12,14). The lowest BCUT2D eigenvalue weighted by atomic mass is 10.2. The third-order valence-electron chi connectivity index (χ3n) is 1.82. The minimum atomic E-state index is -0.340. The van der Waals surface area contributed by atoms with Crippen LogP contribution in [0.3, 0.4) is 0 Å². The first-order chi connectivity index (χ1) is 7.27. The van der Waals surface area contributed by atoms with Gasteiger partial charge in [-0.3, -0.25) is 9.78 Å². The number of anilines is 1. The van der Waals surface area contributed by atoms with Gasteiger partial charge in [-0.15, -0.1) is 0 Å². The van der Waals surface area contributed by atoms with Gasteiger partial charge in [-0.05, 0) is 17.5 Å². The van der Waals surface area contributed by atoms with Gasteiger partial charge in [0.2, 0.25) is 0 Å². The Morgan fingerprint density at radius 2 is 2.33 bits per heavy atom. The molecule has 0 radical (unpaired) electrons. The van der Waals surface area contributed by atoms with Gasteiger partial charge in [0.1, 0.15) is 5.75 Å². The second kappa shape index (κ2) is 4.10. The molecule has 5 heteroatoms. The fourth-order valence-electron chi connectivity index (χ4n) is 1.11. The topological polar surface area (TPSA) is 62.2 Å². The summed E-state index contributed by atoms with van der Waals surface area (Å²) in [6.07, 6.45) is 2.70. The maximum absolute atomic E-state index is 11.6. The number of carbonyl (C=O) groups is 1. The zero-order chi connectivity index (χ0) is 10.7. The molecule has 0 aromatic carbocycles. The molecule has 0 unspecified atom stereocenters. The van der Waals surface area contributed by atoms with Crippen molar-refractivity contribution in [3.63, 3.8) is 0 Å². The van der Waals surface area contributed by atoms with Gasteiger partial charge in [-0.1, -0.05) is 0 Å². The summed E-state index contributed by atoms with van der Waals surface area (Å²) in [6.45, 7) is 0. The Hall–Kier alpha value is -1.88. The Kier molecular flexibility index (Phi) is 2.64. The maximum Gasteiger partial charge on any atom is 0.259 e. The third kappa shape index (κ3) is 2.13. The number of hydrogen-bond acceptors (Lipinski definition) is 4. The minimum absolute atomic E-state index is 0.120. The highest BCUT2D eigenvalue weighted by Crippen LogP contribution is 2.17. The Labute approximate surface area is 90.2 Å². The molecule has 2 aromatic rings. The van der Waals surface area contributed by atoms with Crippen LogP contribution in [0.25, 0.3) is 0 Å². The van der Waals surface area contributed by atoms with Crippen LogP contribution in [0.1, 0.15) is 10.4 Å². The highest BCUT2D eigenvalue weighted by Gasteiger charge is 2.10. The molecule has 0 aliphatic heterocycles. The van der Waals surface area contributed by atoms with Gasteiger partial charge in [-0.2, -0.15) is 11.3 Å². The average Bonchev–Trinajstić information content (AvgIpc) is 2.71. The Morgan fingerprint density at radius 3 is 3.00 bits per heavy atom. The van der Waals surface area contributed by atoms with E-state index in [-0.39, 0.29) is 17.2 Å². The average molecular weight is 220 g/mol. The highest BCUT2D eigenvalue weighted by atomic mass is 32.1. The minimum Gasteiger partial charge on any atom is -0.505 e. The van der Waals surface area contributed by atoms with Crippen molar-refractivity contribution in [2.45, 2.75) is 0 Å². The van der Waals surface area contributed by atoms with E-state index in [1.165, 1.54) is 29.8 Å². The van der Waals surface area contributed by atoms with Crippen molar-refractivity contribution in [1.29, 1.82) is 0 Å². The molecule has 1 amide bonds. The van der Waals surface area contributed by atoms with E-state index in [4.69, 9.17) is 0 Å². The van der Waals surface area contributed by atoms with Crippen molar-refractivity contribution in [2.75, 3.05) is 5.32 Å². The van der Waals surface area contributed by atoms with Gasteiger partial charge < -0.3 is 10.4 Å². The quantitative estimate of drug-likeness (QED) is 0.814. The van der Waals surface area contributed by atoms with Crippen LogP contribution in [0.5, 0.6) is 5.75 Å². The second-order valence-electron chi connectivity index (χ2n) is 2.86. The number of thiophene rings is 1. The highest BCUT2D eigenvalue weighted by molar-refractivity contribution is 7.08. The molecule has 0 saturated heterocycles. The molecule has 2 N–H and O–H groups in total. The van der Waals surface area contributed by atoms with E-state index in [1.54, 1.807) is 6.07 Å². The summed E-state index contributed by atoms with van der Waals surface area (Å²) in [5, 5.41) is 15.7. The number of nitrogens with one attached hydrogen (secondary N) is 1. The van der Waals surface area contributed by atoms with E-state index in [2.05, 4.69) is 10.3 Å². The first-order valence-corrected chi connectivity index (χ1v) is 5.18. The number of carbonyl (C=O) groups excluding carboxylic acids is 1. The van der Waals surface area contributed by atoms with E-state index in [0.717, 1.165) is 5.69 Å². The number of amides is 1. The largest absolute Gasteiger partial charge is 0.505 e. The Bertz CT molecular complexity index is 468. The fourth-order valence-corrected chi connectivity index (χ4v) is 1.70. The monoisotopic (exact) mass is 220 g/mol. The zero-order valence-electron chi connectivity index (χ0n) is 7.68. The van der Waals surface area contributed by atoms with Crippen LogP contribution >= 0.6 is 11.3 Å². The van der Waals surface area contributed by atoms with E-state index >= 15 is 0 Å². The number of pyridine rings is 1. The maximum atomic E-state index is 11.6. The van der Waals surface area contributed by atoms with Crippen LogP contribution in [-0.4, -0.2) is 16.0 Å². The molecule has 2 heterocycles. The molecular formula is C10H8N2O2S. The van der Waals surface area contributed by atoms with E-state index < -0.39 is 0 Å². The van der Waals surface area contributed by atoms with Crippen LogP contribution in [0, 0.1) is 0 Å². The van der Waals surface area contributed by atoms with Gasteiger partial charge >= 0.3 is 0 Å². The summed E-state index contributed by atoms with van der Waals surface area (Å²) >= 11 is 1.49. The fraction of sp³-hybridized carbons (Fsp3) is 0. The van der Waals surface area contributed by atoms with Gasteiger partial charge in [0, 0.05) is 11.6 Å². The lowest BCUT2D eigenvalue weighted by Crippen LogP contribution is -2.11. The van der Waals surface area contributed by atoms with Gasteiger partial charge in [-0.25, -0.2) is 0 Å². The van der Waals surface area contributed by atoms with Crippen LogP contribution in [0.15, 0.2) is 35.3 Å². The predicted molar refractivity (Wildman–Crippen MR) is 58.2 cm³/mol. The molecule has 0 aliphatic carbocycles. The van der Waals surface area contributed by atoms with Crippen molar-refractivity contribution in [3.8, 4) is 5.75 Å². The first-order valence-electron chi connectivity index (χ1n) is 4.24. The number of aromatic nitrogens is 1. The van der Waals surface area contributed by atoms with Crippen molar-refractivity contribution in [1.82, 2.24) is 4.98 Å². The Morgan fingerprint density at radius 1 is 1.47 bits per heavy atom. The smallest absolute Gasteiger partial charge is 0.259 e. The lowest BCUT2D eigenvalue weighted by molar-refractivity contribution is 0.102. The van der Waals surface area contributed by atoms with Crippen LogP contribution < -0.4 is 5.32 Å². The molecule has 76 valence electrons. The molecule has 2 rings (SSSR count). The van der Waals surface area contributed by atoms with Crippen molar-refractivity contribution < 1.29 is 9.90 Å². The van der Waals surface area contributed by atoms with E-state index in [1.807, 2.05) is 10.8 Å². The van der Waals surface area contributed by atoms with Crippen molar-refractivity contribution in [3.05, 3.63) is 40.8 Å². The van der Waals surface area contributed by atoms with Crippen LogP contribution in [0.4, 0.5) is 5.69 Å².